The molecule has 106 valence electrons. The fourth-order valence-corrected chi connectivity index (χ4v) is 2.35. The zero-order chi connectivity index (χ0) is 14.8. The molecule has 21 heavy (non-hydrogen) atoms. The van der Waals surface area contributed by atoms with Crippen LogP contribution in [0.4, 0.5) is 10.3 Å². The fraction of sp³-hybridized carbons (Fsp3) is 0.188. The lowest BCUT2D eigenvalue weighted by atomic mass is 10.0. The topological polar surface area (TPSA) is 64.7 Å². The fourth-order valence-electron chi connectivity index (χ4n) is 2.35. The molecular formula is C16H15FN4. The maximum absolute atomic E-state index is 13.9. The van der Waals surface area contributed by atoms with Crippen molar-refractivity contribution in [3.63, 3.8) is 0 Å². The number of rotatable bonds is 3. The first-order chi connectivity index (χ1) is 10.2. The molecule has 0 unspecified atom stereocenters. The van der Waals surface area contributed by atoms with Gasteiger partial charge in [-0.25, -0.2) is 9.37 Å². The van der Waals surface area contributed by atoms with Gasteiger partial charge < -0.3 is 5.73 Å². The van der Waals surface area contributed by atoms with Crippen LogP contribution in [0.25, 0.3) is 22.2 Å². The van der Waals surface area contributed by atoms with Crippen molar-refractivity contribution in [3.05, 3.63) is 48.0 Å². The molecule has 0 amide bonds. The van der Waals surface area contributed by atoms with E-state index in [2.05, 4.69) is 15.0 Å². The number of nitrogens with zero attached hydrogens (tertiary/aromatic N) is 3. The molecule has 1 heterocycles. The van der Waals surface area contributed by atoms with Crippen LogP contribution in [0.5, 0.6) is 0 Å². The van der Waals surface area contributed by atoms with E-state index in [4.69, 9.17) is 5.73 Å². The number of nitrogens with two attached hydrogens (primary N) is 1. The van der Waals surface area contributed by atoms with E-state index in [1.54, 1.807) is 18.2 Å². The molecule has 0 saturated carbocycles. The highest BCUT2D eigenvalue weighted by Gasteiger charge is 2.11. The third kappa shape index (κ3) is 2.54. The largest absolute Gasteiger partial charge is 0.368 e. The van der Waals surface area contributed by atoms with Gasteiger partial charge in [0.2, 0.25) is 5.95 Å². The lowest BCUT2D eigenvalue weighted by Crippen LogP contribution is -2.05. The van der Waals surface area contributed by atoms with E-state index in [9.17, 15) is 4.39 Å². The molecule has 0 aliphatic rings. The summed E-state index contributed by atoms with van der Waals surface area (Å²) in [5.41, 5.74) is 6.53. The van der Waals surface area contributed by atoms with Crippen LogP contribution < -0.4 is 5.73 Å². The Hall–Kier alpha value is -2.56. The Labute approximate surface area is 121 Å². The van der Waals surface area contributed by atoms with Gasteiger partial charge in [0.05, 0.1) is 0 Å². The Morgan fingerprint density at radius 1 is 1.00 bits per heavy atom. The van der Waals surface area contributed by atoms with Gasteiger partial charge >= 0.3 is 0 Å². The summed E-state index contributed by atoms with van der Waals surface area (Å²) in [5, 5.41) is 1.32. The molecule has 0 aliphatic carbocycles. The summed E-state index contributed by atoms with van der Waals surface area (Å²) in [6.07, 6.45) is 1.66. The third-order valence-electron chi connectivity index (χ3n) is 3.28. The molecule has 0 fully saturated rings. The number of fused-ring (bicyclic) bond motifs is 1. The average Bonchev–Trinajstić information content (AvgIpc) is 2.47. The average molecular weight is 282 g/mol. The third-order valence-corrected chi connectivity index (χ3v) is 3.28. The van der Waals surface area contributed by atoms with Gasteiger partial charge in [0.15, 0.2) is 5.82 Å². The molecule has 1 aromatic heterocycles. The number of halogens is 1. The monoisotopic (exact) mass is 282 g/mol. The van der Waals surface area contributed by atoms with E-state index in [1.165, 1.54) is 6.07 Å². The van der Waals surface area contributed by atoms with E-state index < -0.39 is 0 Å². The first-order valence-electron chi connectivity index (χ1n) is 6.87. The second-order valence-corrected chi connectivity index (χ2v) is 4.82. The van der Waals surface area contributed by atoms with Crippen molar-refractivity contribution in [1.82, 2.24) is 15.0 Å². The van der Waals surface area contributed by atoms with Gasteiger partial charge in [-0.15, -0.1) is 0 Å². The van der Waals surface area contributed by atoms with Crippen LogP contribution in [-0.4, -0.2) is 15.0 Å². The number of nitrogen functional groups attached to an aromatic ring is 1. The van der Waals surface area contributed by atoms with Crippen LogP contribution in [0.3, 0.4) is 0 Å². The van der Waals surface area contributed by atoms with E-state index in [0.717, 1.165) is 23.8 Å². The second kappa shape index (κ2) is 5.44. The van der Waals surface area contributed by atoms with Crippen molar-refractivity contribution in [1.29, 1.82) is 0 Å². The van der Waals surface area contributed by atoms with Crippen LogP contribution in [0.1, 0.15) is 19.2 Å². The minimum absolute atomic E-state index is 0.192. The normalized spacial score (nSPS) is 11.0. The number of benzene rings is 2. The Balaban J connectivity index is 2.23. The number of anilines is 1. The highest BCUT2D eigenvalue weighted by molar-refractivity contribution is 5.95. The Kier molecular flexibility index (Phi) is 3.48. The summed E-state index contributed by atoms with van der Waals surface area (Å²) in [4.78, 5) is 12.8. The van der Waals surface area contributed by atoms with Crippen molar-refractivity contribution in [2.75, 3.05) is 5.73 Å². The minimum atomic E-state index is -0.259. The first kappa shape index (κ1) is 13.4. The molecule has 2 N–H and O–H groups in total. The van der Waals surface area contributed by atoms with Crippen LogP contribution in [0, 0.1) is 5.82 Å². The van der Waals surface area contributed by atoms with Crippen LogP contribution in [0.2, 0.25) is 0 Å². The van der Waals surface area contributed by atoms with E-state index in [0.29, 0.717) is 17.0 Å². The van der Waals surface area contributed by atoms with Gasteiger partial charge in [0, 0.05) is 17.4 Å². The van der Waals surface area contributed by atoms with Gasteiger partial charge in [0.25, 0.3) is 0 Å². The molecule has 2 aromatic carbocycles. The van der Waals surface area contributed by atoms with E-state index >= 15 is 0 Å². The molecule has 0 saturated heterocycles. The zero-order valence-electron chi connectivity index (χ0n) is 11.7. The molecule has 0 radical (unpaired) electrons. The van der Waals surface area contributed by atoms with Crippen LogP contribution in [0.15, 0.2) is 36.4 Å². The summed E-state index contributed by atoms with van der Waals surface area (Å²) in [7, 11) is 0. The lowest BCUT2D eigenvalue weighted by Gasteiger charge is -2.08. The number of hydrogen-bond donors (Lipinski definition) is 1. The predicted octanol–water partition coefficient (Wildman–Crippen LogP) is 3.37. The second-order valence-electron chi connectivity index (χ2n) is 4.82. The maximum atomic E-state index is 13.9. The van der Waals surface area contributed by atoms with E-state index in [-0.39, 0.29) is 11.8 Å². The smallest absolute Gasteiger partial charge is 0.223 e. The predicted molar refractivity (Wildman–Crippen MR) is 81.1 cm³/mol. The maximum Gasteiger partial charge on any atom is 0.223 e. The molecule has 5 heteroatoms. The van der Waals surface area contributed by atoms with Crippen molar-refractivity contribution in [3.8, 4) is 11.4 Å². The van der Waals surface area contributed by atoms with Gasteiger partial charge in [-0.1, -0.05) is 31.2 Å². The zero-order valence-corrected chi connectivity index (χ0v) is 11.7. The summed E-state index contributed by atoms with van der Waals surface area (Å²) >= 11 is 0. The molecule has 0 aliphatic heterocycles. The number of hydrogen-bond acceptors (Lipinski definition) is 4. The summed E-state index contributed by atoms with van der Waals surface area (Å²) in [5.74, 6) is 1.08. The molecule has 3 rings (SSSR count). The van der Waals surface area contributed by atoms with Crippen molar-refractivity contribution >= 4 is 16.7 Å². The molecular weight excluding hydrogens is 267 g/mol. The first-order valence-corrected chi connectivity index (χ1v) is 6.87. The Bertz CT molecular complexity index is 801. The molecule has 0 bridgehead atoms. The molecule has 3 aromatic rings. The molecule has 0 spiro atoms. The molecule has 0 atom stereocenters. The van der Waals surface area contributed by atoms with Crippen molar-refractivity contribution in [2.24, 2.45) is 0 Å². The van der Waals surface area contributed by atoms with Crippen LogP contribution in [-0.2, 0) is 6.42 Å². The lowest BCUT2D eigenvalue weighted by molar-refractivity contribution is 0.640. The summed E-state index contributed by atoms with van der Waals surface area (Å²) in [6, 6.07) is 10.4. The number of aryl methyl sites for hydroxylation is 1. The van der Waals surface area contributed by atoms with Gasteiger partial charge in [-0.2, -0.15) is 9.97 Å². The standard InChI is InChI=1S/C16H15FN4/c1-2-5-14-19-15(21-16(18)20-14)12-8-9-13(17)11-7-4-3-6-10(11)12/h3-4,6-9H,2,5H2,1H3,(H2,18,19,20,21). The van der Waals surface area contributed by atoms with Crippen LogP contribution >= 0.6 is 0 Å². The van der Waals surface area contributed by atoms with E-state index in [1.807, 2.05) is 19.1 Å². The minimum Gasteiger partial charge on any atom is -0.368 e. The Morgan fingerprint density at radius 2 is 1.76 bits per heavy atom. The number of aromatic nitrogens is 3. The quantitative estimate of drug-likeness (QED) is 0.800. The van der Waals surface area contributed by atoms with Gasteiger partial charge in [-0.3, -0.25) is 0 Å². The highest BCUT2D eigenvalue weighted by Crippen LogP contribution is 2.28. The summed E-state index contributed by atoms with van der Waals surface area (Å²) < 4.78 is 13.9. The SMILES string of the molecule is CCCc1nc(N)nc(-c2ccc(F)c3ccccc23)n1. The van der Waals surface area contributed by atoms with Crippen molar-refractivity contribution < 1.29 is 4.39 Å². The van der Waals surface area contributed by atoms with Crippen molar-refractivity contribution in [2.45, 2.75) is 19.8 Å². The highest BCUT2D eigenvalue weighted by atomic mass is 19.1. The van der Waals surface area contributed by atoms with Gasteiger partial charge in [-0.05, 0) is 23.9 Å². The summed E-state index contributed by atoms with van der Waals surface area (Å²) in [6.45, 7) is 2.05. The van der Waals surface area contributed by atoms with Gasteiger partial charge in [0.1, 0.15) is 11.6 Å². The molecule has 4 nitrogen and oxygen atoms in total. The Morgan fingerprint density at radius 3 is 2.52 bits per heavy atom.